The summed E-state index contributed by atoms with van der Waals surface area (Å²) in [6, 6.07) is 0. The molecule has 1 N–H and O–H groups in total. The molecule has 1 amide bonds. The van der Waals surface area contributed by atoms with Crippen LogP contribution in [0.5, 0.6) is 0 Å². The van der Waals surface area contributed by atoms with Crippen LogP contribution in [0.4, 0.5) is 8.78 Å². The number of aryl methyl sites for hydroxylation is 2. The first-order valence-corrected chi connectivity index (χ1v) is 7.12. The normalized spacial score (nSPS) is 29.0. The minimum atomic E-state index is -2.85. The van der Waals surface area contributed by atoms with E-state index in [9.17, 15) is 13.6 Å². The fraction of sp³-hybridized carbons (Fsp3) is 0.714. The monoisotopic (exact) mass is 299 g/mol. The van der Waals surface area contributed by atoms with Crippen LogP contribution in [0.15, 0.2) is 4.52 Å². The fourth-order valence-corrected chi connectivity index (χ4v) is 3.52. The molecule has 1 spiro atoms. The number of hydrogen-bond donors (Lipinski definition) is 1. The summed E-state index contributed by atoms with van der Waals surface area (Å²) in [5.74, 6) is -2.45. The third-order valence-corrected chi connectivity index (χ3v) is 4.51. The number of halogens is 2. The number of aromatic nitrogens is 1. The van der Waals surface area contributed by atoms with E-state index in [1.807, 2.05) is 0 Å². The van der Waals surface area contributed by atoms with Gasteiger partial charge in [-0.2, -0.15) is 0 Å². The van der Waals surface area contributed by atoms with Crippen LogP contribution in [0.2, 0.25) is 0 Å². The van der Waals surface area contributed by atoms with Crippen LogP contribution < -0.4 is 5.32 Å². The quantitative estimate of drug-likeness (QED) is 0.902. The summed E-state index contributed by atoms with van der Waals surface area (Å²) in [4.78, 5) is 13.7. The van der Waals surface area contributed by atoms with E-state index in [4.69, 9.17) is 4.52 Å². The van der Waals surface area contributed by atoms with E-state index in [1.165, 1.54) is 0 Å². The summed E-state index contributed by atoms with van der Waals surface area (Å²) in [6.45, 7) is 4.42. The molecule has 3 heterocycles. The summed E-state index contributed by atoms with van der Waals surface area (Å²) >= 11 is 0. The van der Waals surface area contributed by atoms with Crippen molar-refractivity contribution < 1.29 is 18.1 Å². The number of nitrogens with zero attached hydrogens (tertiary/aromatic N) is 2. The predicted molar refractivity (Wildman–Crippen MR) is 70.9 cm³/mol. The second-order valence-electron chi connectivity index (χ2n) is 6.27. The van der Waals surface area contributed by atoms with Crippen LogP contribution in [0, 0.1) is 19.3 Å². The third-order valence-electron chi connectivity index (χ3n) is 4.51. The van der Waals surface area contributed by atoms with Gasteiger partial charge < -0.3 is 9.84 Å². The molecule has 0 saturated carbocycles. The van der Waals surface area contributed by atoms with Gasteiger partial charge in [0.05, 0.1) is 17.7 Å². The third kappa shape index (κ3) is 2.54. The van der Waals surface area contributed by atoms with Crippen molar-refractivity contribution in [2.45, 2.75) is 39.2 Å². The molecule has 2 aliphatic heterocycles. The molecule has 1 aromatic heterocycles. The largest absolute Gasteiger partial charge is 0.361 e. The van der Waals surface area contributed by atoms with Gasteiger partial charge >= 0.3 is 0 Å². The number of hydrogen-bond acceptors (Lipinski definition) is 4. The van der Waals surface area contributed by atoms with Crippen molar-refractivity contribution >= 4 is 5.91 Å². The molecule has 21 heavy (non-hydrogen) atoms. The highest BCUT2D eigenvalue weighted by Crippen LogP contribution is 2.43. The Morgan fingerprint density at radius 3 is 2.71 bits per heavy atom. The van der Waals surface area contributed by atoms with Gasteiger partial charge in [0, 0.05) is 31.6 Å². The molecule has 0 unspecified atom stereocenters. The zero-order valence-electron chi connectivity index (χ0n) is 12.2. The Labute approximate surface area is 121 Å². The molecule has 116 valence electrons. The molecule has 0 radical (unpaired) electrons. The molecule has 2 fully saturated rings. The van der Waals surface area contributed by atoms with Crippen molar-refractivity contribution in [3.8, 4) is 0 Å². The van der Waals surface area contributed by atoms with E-state index in [2.05, 4.69) is 10.5 Å². The summed E-state index contributed by atoms with van der Waals surface area (Å²) in [5, 5.41) is 6.54. The number of carbonyl (C=O) groups excluding carboxylic acids is 1. The first kappa shape index (κ1) is 14.4. The number of carbonyl (C=O) groups is 1. The van der Waals surface area contributed by atoms with Crippen LogP contribution in [-0.4, -0.2) is 41.5 Å². The zero-order chi connectivity index (χ0) is 15.3. The average molecular weight is 299 g/mol. The number of likely N-dealkylation sites (tertiary alicyclic amines) is 1. The maximum Gasteiger partial charge on any atom is 0.261 e. The summed E-state index contributed by atoms with van der Waals surface area (Å²) in [7, 11) is 0. The number of alkyl halides is 2. The lowest BCUT2D eigenvalue weighted by Crippen LogP contribution is -2.55. The van der Waals surface area contributed by atoms with E-state index in [1.54, 1.807) is 18.7 Å². The Kier molecular flexibility index (Phi) is 3.27. The minimum Gasteiger partial charge on any atom is -0.361 e. The van der Waals surface area contributed by atoms with Gasteiger partial charge in [0.1, 0.15) is 5.76 Å². The molecule has 1 aromatic rings. The van der Waals surface area contributed by atoms with Crippen LogP contribution in [0.25, 0.3) is 0 Å². The van der Waals surface area contributed by atoms with Gasteiger partial charge in [-0.3, -0.25) is 9.69 Å². The number of piperidine rings is 1. The maximum absolute atomic E-state index is 14.1. The van der Waals surface area contributed by atoms with Crippen LogP contribution in [0.3, 0.4) is 0 Å². The average Bonchev–Trinajstić information content (AvgIpc) is 2.85. The summed E-state index contributed by atoms with van der Waals surface area (Å²) in [5.41, 5.74) is 0.591. The van der Waals surface area contributed by atoms with Gasteiger partial charge in [-0.1, -0.05) is 5.16 Å². The summed E-state index contributed by atoms with van der Waals surface area (Å²) in [6.07, 6.45) is 0.115. The van der Waals surface area contributed by atoms with Crippen LogP contribution in [0.1, 0.15) is 29.9 Å². The topological polar surface area (TPSA) is 58.4 Å². The van der Waals surface area contributed by atoms with E-state index < -0.39 is 11.3 Å². The van der Waals surface area contributed by atoms with Crippen molar-refractivity contribution in [2.24, 2.45) is 5.41 Å². The van der Waals surface area contributed by atoms with Gasteiger partial charge in [-0.05, 0) is 20.3 Å². The fourth-order valence-electron chi connectivity index (χ4n) is 3.52. The SMILES string of the molecule is Cc1noc(C)c1CN1CC(F)(F)C[C@@]2(CCNC2=O)C1. The molecule has 0 aromatic carbocycles. The molecule has 7 heteroatoms. The Bertz CT molecular complexity index is 553. The Balaban J connectivity index is 1.84. The van der Waals surface area contributed by atoms with Gasteiger partial charge in [0.25, 0.3) is 5.92 Å². The first-order chi connectivity index (χ1) is 9.81. The molecular formula is C14H19F2N3O2. The van der Waals surface area contributed by atoms with Crippen molar-refractivity contribution in [2.75, 3.05) is 19.6 Å². The minimum absolute atomic E-state index is 0.245. The van der Waals surface area contributed by atoms with E-state index in [0.29, 0.717) is 37.5 Å². The molecule has 0 aliphatic carbocycles. The number of nitrogens with one attached hydrogen (secondary N) is 1. The highest BCUT2D eigenvalue weighted by molar-refractivity contribution is 5.85. The summed E-state index contributed by atoms with van der Waals surface area (Å²) < 4.78 is 33.3. The molecule has 2 saturated heterocycles. The molecule has 2 aliphatic rings. The number of amides is 1. The maximum atomic E-state index is 14.1. The van der Waals surface area contributed by atoms with E-state index >= 15 is 0 Å². The van der Waals surface area contributed by atoms with Gasteiger partial charge in [-0.15, -0.1) is 0 Å². The second-order valence-corrected chi connectivity index (χ2v) is 6.27. The highest BCUT2D eigenvalue weighted by atomic mass is 19.3. The van der Waals surface area contributed by atoms with Gasteiger partial charge in [0.15, 0.2) is 0 Å². The van der Waals surface area contributed by atoms with Gasteiger partial charge in [-0.25, -0.2) is 8.78 Å². The highest BCUT2D eigenvalue weighted by Gasteiger charge is 2.54. The molecule has 3 rings (SSSR count). The van der Waals surface area contributed by atoms with Crippen molar-refractivity contribution in [1.82, 2.24) is 15.4 Å². The van der Waals surface area contributed by atoms with E-state index in [-0.39, 0.29) is 18.9 Å². The van der Waals surface area contributed by atoms with Crippen LogP contribution in [-0.2, 0) is 11.3 Å². The van der Waals surface area contributed by atoms with Crippen molar-refractivity contribution in [3.05, 3.63) is 17.0 Å². The molecule has 5 nitrogen and oxygen atoms in total. The molecular weight excluding hydrogens is 280 g/mol. The first-order valence-electron chi connectivity index (χ1n) is 7.12. The van der Waals surface area contributed by atoms with Crippen molar-refractivity contribution in [1.29, 1.82) is 0 Å². The van der Waals surface area contributed by atoms with Gasteiger partial charge in [0.2, 0.25) is 5.91 Å². The van der Waals surface area contributed by atoms with E-state index in [0.717, 1.165) is 5.56 Å². The smallest absolute Gasteiger partial charge is 0.261 e. The van der Waals surface area contributed by atoms with Crippen LogP contribution >= 0.6 is 0 Å². The standard InChI is InChI=1S/C14H19F2N3O2/c1-9-11(10(2)21-18-9)5-19-7-13(3-4-17-12(13)20)6-14(15,16)8-19/h3-8H2,1-2H3,(H,17,20)/t13-/m0/s1. The molecule has 1 atom stereocenters. The Hall–Kier alpha value is -1.50. The predicted octanol–water partition coefficient (Wildman–Crippen LogP) is 1.64. The lowest BCUT2D eigenvalue weighted by Gasteiger charge is -2.42. The molecule has 0 bridgehead atoms. The zero-order valence-corrected chi connectivity index (χ0v) is 12.2. The second kappa shape index (κ2) is 4.76. The number of rotatable bonds is 2. The Morgan fingerprint density at radius 2 is 2.14 bits per heavy atom. The van der Waals surface area contributed by atoms with Crippen molar-refractivity contribution in [3.63, 3.8) is 0 Å². The lowest BCUT2D eigenvalue weighted by atomic mass is 9.77. The Morgan fingerprint density at radius 1 is 1.38 bits per heavy atom. The lowest BCUT2D eigenvalue weighted by molar-refractivity contribution is -0.149.